The molecule has 38 heavy (non-hydrogen) atoms. The molecule has 4 heterocycles. The Morgan fingerprint density at radius 1 is 1.11 bits per heavy atom. The summed E-state index contributed by atoms with van der Waals surface area (Å²) < 4.78 is 63.2. The summed E-state index contributed by atoms with van der Waals surface area (Å²) in [6.07, 6.45) is 3.19. The van der Waals surface area contributed by atoms with E-state index in [0.29, 0.717) is 45.2 Å². The van der Waals surface area contributed by atoms with Crippen LogP contribution < -0.4 is 4.72 Å². The molecule has 12 nitrogen and oxygen atoms in total. The highest BCUT2D eigenvalue weighted by molar-refractivity contribution is 7.91. The predicted molar refractivity (Wildman–Crippen MR) is 137 cm³/mol. The molecule has 6 rings (SSSR count). The van der Waals surface area contributed by atoms with E-state index in [1.165, 1.54) is 6.20 Å². The first-order valence-corrected chi connectivity index (χ1v) is 15.1. The second-order valence-electron chi connectivity index (χ2n) is 9.80. The van der Waals surface area contributed by atoms with E-state index in [2.05, 4.69) is 14.7 Å². The molecule has 0 spiro atoms. The van der Waals surface area contributed by atoms with Crippen LogP contribution in [0.1, 0.15) is 37.1 Å². The van der Waals surface area contributed by atoms with Crippen LogP contribution in [0.25, 0.3) is 16.7 Å². The summed E-state index contributed by atoms with van der Waals surface area (Å²) in [5, 5.41) is -0.0894. The SMILES string of the molecule is Cc1ccccc1S(=O)(=O)c1nc([C@H]2C[C@@H](NS(=O)(=O)N3CCOC3=O)C[C@H]2C)n2c1cnc1[nH]ccc12. The van der Waals surface area contributed by atoms with Crippen LogP contribution in [0.5, 0.6) is 0 Å². The zero-order chi connectivity index (χ0) is 26.8. The number of aromatic nitrogens is 4. The number of amides is 1. The Morgan fingerprint density at radius 2 is 1.89 bits per heavy atom. The number of cyclic esters (lactones) is 1. The topological polar surface area (TPSA) is 156 Å². The minimum Gasteiger partial charge on any atom is -0.447 e. The predicted octanol–water partition coefficient (Wildman–Crippen LogP) is 2.52. The molecule has 14 heteroatoms. The number of hydrogen-bond donors (Lipinski definition) is 2. The molecule has 0 bridgehead atoms. The number of carbonyl (C=O) groups excluding carboxylic acids is 1. The van der Waals surface area contributed by atoms with Crippen LogP contribution in [0.2, 0.25) is 0 Å². The van der Waals surface area contributed by atoms with E-state index in [-0.39, 0.29) is 34.9 Å². The Labute approximate surface area is 219 Å². The van der Waals surface area contributed by atoms with E-state index < -0.39 is 32.2 Å². The van der Waals surface area contributed by atoms with Gasteiger partial charge in [0.2, 0.25) is 9.84 Å². The number of nitrogens with one attached hydrogen (secondary N) is 2. The summed E-state index contributed by atoms with van der Waals surface area (Å²) in [5.74, 6) is 0.228. The summed E-state index contributed by atoms with van der Waals surface area (Å²) in [4.78, 5) is 24.2. The molecule has 2 N–H and O–H groups in total. The standard InChI is InChI=1S/C24H26N6O6S2/c1-14-5-3-4-6-20(14)37(32,33)23-19-13-26-21-18(7-8-25-21)30(19)22(27-23)17-12-16(11-15(17)2)28-38(34,35)29-9-10-36-24(29)31/h3-8,13,15-17,25,28H,9-12H2,1-2H3/t15-,16+,17+/m1/s1. The van der Waals surface area contributed by atoms with E-state index in [1.54, 1.807) is 41.8 Å². The van der Waals surface area contributed by atoms with E-state index in [9.17, 15) is 21.6 Å². The normalized spacial score (nSPS) is 22.5. The Balaban J connectivity index is 1.43. The Hall–Kier alpha value is -3.49. The van der Waals surface area contributed by atoms with Crippen molar-refractivity contribution in [1.82, 2.24) is 28.4 Å². The number of rotatable bonds is 6. The monoisotopic (exact) mass is 558 g/mol. The first-order valence-electron chi connectivity index (χ1n) is 12.2. The molecule has 1 saturated heterocycles. The van der Waals surface area contributed by atoms with Crippen molar-refractivity contribution < 1.29 is 26.4 Å². The van der Waals surface area contributed by atoms with Gasteiger partial charge in [0, 0.05) is 18.2 Å². The van der Waals surface area contributed by atoms with Gasteiger partial charge in [-0.25, -0.2) is 23.2 Å². The average Bonchev–Trinajstić information content (AvgIpc) is 3.64. The number of hydrogen-bond acceptors (Lipinski definition) is 8. The summed E-state index contributed by atoms with van der Waals surface area (Å²) in [5.41, 5.74) is 2.21. The van der Waals surface area contributed by atoms with E-state index >= 15 is 0 Å². The lowest BCUT2D eigenvalue weighted by atomic mass is 9.97. The van der Waals surface area contributed by atoms with Crippen molar-refractivity contribution in [3.63, 3.8) is 0 Å². The molecule has 1 aromatic carbocycles. The third kappa shape index (κ3) is 3.85. The Bertz CT molecular complexity index is 1800. The molecule has 0 radical (unpaired) electrons. The third-order valence-electron chi connectivity index (χ3n) is 7.35. The minimum absolute atomic E-state index is 0.0162. The molecule has 1 amide bonds. The molecule has 1 aliphatic heterocycles. The van der Waals surface area contributed by atoms with Gasteiger partial charge >= 0.3 is 16.3 Å². The molecule has 3 aromatic heterocycles. The Morgan fingerprint density at radius 3 is 2.63 bits per heavy atom. The Kier molecular flexibility index (Phi) is 5.74. The van der Waals surface area contributed by atoms with Gasteiger partial charge in [-0.1, -0.05) is 25.1 Å². The summed E-state index contributed by atoms with van der Waals surface area (Å²) >= 11 is 0. The fourth-order valence-corrected chi connectivity index (χ4v) is 8.44. The fraction of sp³-hybridized carbons (Fsp3) is 0.375. The molecule has 2 fully saturated rings. The van der Waals surface area contributed by atoms with Crippen LogP contribution >= 0.6 is 0 Å². The summed E-state index contributed by atoms with van der Waals surface area (Å²) in [7, 11) is -8.06. The van der Waals surface area contributed by atoms with Crippen LogP contribution in [-0.4, -0.2) is 65.8 Å². The van der Waals surface area contributed by atoms with Crippen molar-refractivity contribution in [1.29, 1.82) is 0 Å². The number of nitrogens with zero attached hydrogens (tertiary/aromatic N) is 4. The third-order valence-corrected chi connectivity index (χ3v) is 10.7. The lowest BCUT2D eigenvalue weighted by Crippen LogP contribution is -2.45. The van der Waals surface area contributed by atoms with Crippen LogP contribution in [0.3, 0.4) is 0 Å². The van der Waals surface area contributed by atoms with Gasteiger partial charge < -0.3 is 9.72 Å². The van der Waals surface area contributed by atoms with Crippen molar-refractivity contribution in [3.05, 3.63) is 54.1 Å². The zero-order valence-electron chi connectivity index (χ0n) is 20.7. The summed E-state index contributed by atoms with van der Waals surface area (Å²) in [6.45, 7) is 3.70. The zero-order valence-corrected chi connectivity index (χ0v) is 22.3. The van der Waals surface area contributed by atoms with Crippen LogP contribution in [0, 0.1) is 12.8 Å². The van der Waals surface area contributed by atoms with Crippen molar-refractivity contribution in [2.75, 3.05) is 13.2 Å². The smallest absolute Gasteiger partial charge is 0.424 e. The molecule has 1 saturated carbocycles. The first kappa shape index (κ1) is 24.8. The second-order valence-corrected chi connectivity index (χ2v) is 13.3. The molecule has 0 unspecified atom stereocenters. The van der Waals surface area contributed by atoms with E-state index in [4.69, 9.17) is 9.72 Å². The maximum Gasteiger partial charge on any atom is 0.424 e. The van der Waals surface area contributed by atoms with Gasteiger partial charge in [-0.3, -0.25) is 4.40 Å². The van der Waals surface area contributed by atoms with Gasteiger partial charge in [0.25, 0.3) is 0 Å². The number of aromatic amines is 1. The quantitative estimate of drug-likeness (QED) is 0.366. The highest BCUT2D eigenvalue weighted by atomic mass is 32.2. The highest BCUT2D eigenvalue weighted by Crippen LogP contribution is 2.42. The van der Waals surface area contributed by atoms with Gasteiger partial charge in [0.15, 0.2) is 10.7 Å². The number of imidazole rings is 1. The molecule has 200 valence electrons. The van der Waals surface area contributed by atoms with Crippen LogP contribution in [0.15, 0.2) is 52.6 Å². The molecular formula is C24H26N6O6S2. The lowest BCUT2D eigenvalue weighted by Gasteiger charge is -2.18. The molecule has 3 atom stereocenters. The second kappa shape index (κ2) is 8.78. The molecule has 1 aliphatic carbocycles. The van der Waals surface area contributed by atoms with Crippen molar-refractivity contribution in [2.24, 2.45) is 5.92 Å². The molecule has 4 aromatic rings. The van der Waals surface area contributed by atoms with Crippen LogP contribution in [-0.2, 0) is 24.8 Å². The summed E-state index contributed by atoms with van der Waals surface area (Å²) in [6, 6.07) is 8.08. The number of benzene rings is 1. The average molecular weight is 559 g/mol. The van der Waals surface area contributed by atoms with Crippen molar-refractivity contribution >= 4 is 42.8 Å². The number of ether oxygens (including phenoxy) is 1. The van der Waals surface area contributed by atoms with E-state index in [1.807, 2.05) is 13.0 Å². The number of sulfone groups is 1. The lowest BCUT2D eigenvalue weighted by molar-refractivity contribution is 0.169. The number of fused-ring (bicyclic) bond motifs is 3. The van der Waals surface area contributed by atoms with Gasteiger partial charge in [0.1, 0.15) is 17.9 Å². The van der Waals surface area contributed by atoms with Gasteiger partial charge in [-0.2, -0.15) is 17.4 Å². The van der Waals surface area contributed by atoms with Crippen LogP contribution in [0.4, 0.5) is 4.79 Å². The largest absolute Gasteiger partial charge is 0.447 e. The molecule has 2 aliphatic rings. The van der Waals surface area contributed by atoms with Crippen molar-refractivity contribution in [2.45, 2.75) is 48.6 Å². The van der Waals surface area contributed by atoms with Gasteiger partial charge in [-0.15, -0.1) is 0 Å². The first-order chi connectivity index (χ1) is 18.1. The van der Waals surface area contributed by atoms with Gasteiger partial charge in [-0.05, 0) is 43.4 Å². The van der Waals surface area contributed by atoms with E-state index in [0.717, 1.165) is 0 Å². The molecular weight excluding hydrogens is 532 g/mol. The maximum atomic E-state index is 13.8. The highest BCUT2D eigenvalue weighted by Gasteiger charge is 2.41. The number of aryl methyl sites for hydroxylation is 1. The number of carbonyl (C=O) groups is 1. The fourth-order valence-electron chi connectivity index (χ4n) is 5.54. The van der Waals surface area contributed by atoms with Gasteiger partial charge in [0.05, 0.1) is 23.2 Å². The van der Waals surface area contributed by atoms with Crippen molar-refractivity contribution in [3.8, 4) is 0 Å². The minimum atomic E-state index is -4.08. The maximum absolute atomic E-state index is 13.8. The number of H-pyrrole nitrogens is 1.